The van der Waals surface area contributed by atoms with Crippen LogP contribution in [-0.2, 0) is 13.1 Å². The van der Waals surface area contributed by atoms with Gasteiger partial charge in [0.15, 0.2) is 0 Å². The van der Waals surface area contributed by atoms with Crippen molar-refractivity contribution in [2.75, 3.05) is 6.54 Å². The van der Waals surface area contributed by atoms with Crippen LogP contribution in [-0.4, -0.2) is 17.5 Å². The molecule has 1 aromatic rings. The maximum atomic E-state index is 5.76. The molecule has 2 unspecified atom stereocenters. The van der Waals surface area contributed by atoms with Gasteiger partial charge in [0.1, 0.15) is 11.5 Å². The van der Waals surface area contributed by atoms with Gasteiger partial charge in [-0.3, -0.25) is 4.90 Å². The molecule has 17 heavy (non-hydrogen) atoms. The molecule has 2 rings (SSSR count). The topological polar surface area (TPSA) is 42.4 Å². The maximum absolute atomic E-state index is 5.76. The highest BCUT2D eigenvalue weighted by Crippen LogP contribution is 2.25. The molecule has 1 aliphatic rings. The summed E-state index contributed by atoms with van der Waals surface area (Å²) in [6.45, 7) is 9.33. The van der Waals surface area contributed by atoms with E-state index in [-0.39, 0.29) is 0 Å². The number of aryl methyl sites for hydroxylation is 1. The van der Waals surface area contributed by atoms with E-state index in [1.807, 2.05) is 6.92 Å². The summed E-state index contributed by atoms with van der Waals surface area (Å²) in [7, 11) is 0. The lowest BCUT2D eigenvalue weighted by Gasteiger charge is -2.35. The minimum atomic E-state index is 0.571. The van der Waals surface area contributed by atoms with E-state index in [2.05, 4.69) is 24.8 Å². The molecule has 0 aliphatic carbocycles. The smallest absolute Gasteiger partial charge is 0.118 e. The molecule has 0 radical (unpaired) electrons. The highest BCUT2D eigenvalue weighted by molar-refractivity contribution is 5.20. The Morgan fingerprint density at radius 2 is 2.24 bits per heavy atom. The Bertz CT molecular complexity index is 372. The summed E-state index contributed by atoms with van der Waals surface area (Å²) in [4.78, 5) is 2.51. The van der Waals surface area contributed by atoms with E-state index in [1.54, 1.807) is 0 Å². The second-order valence-electron chi connectivity index (χ2n) is 5.45. The second-order valence-corrected chi connectivity index (χ2v) is 5.45. The molecule has 96 valence electrons. The summed E-state index contributed by atoms with van der Waals surface area (Å²) in [6.07, 6.45) is 2.59. The Morgan fingerprint density at radius 1 is 1.47 bits per heavy atom. The first-order valence-corrected chi connectivity index (χ1v) is 6.62. The van der Waals surface area contributed by atoms with Gasteiger partial charge in [-0.15, -0.1) is 0 Å². The van der Waals surface area contributed by atoms with Crippen LogP contribution in [0.2, 0.25) is 0 Å². The van der Waals surface area contributed by atoms with Crippen LogP contribution in [0.15, 0.2) is 10.5 Å². The third-order valence-corrected chi connectivity index (χ3v) is 3.93. The first kappa shape index (κ1) is 12.7. The molecule has 1 aromatic heterocycles. The molecule has 1 fully saturated rings. The van der Waals surface area contributed by atoms with Crippen LogP contribution in [0.25, 0.3) is 0 Å². The number of likely N-dealkylation sites (tertiary alicyclic amines) is 1. The molecule has 0 saturated carbocycles. The third-order valence-electron chi connectivity index (χ3n) is 3.93. The van der Waals surface area contributed by atoms with Gasteiger partial charge in [-0.1, -0.05) is 6.92 Å². The highest BCUT2D eigenvalue weighted by Gasteiger charge is 2.23. The number of piperidine rings is 1. The Labute approximate surface area is 104 Å². The second kappa shape index (κ2) is 5.23. The first-order chi connectivity index (χ1) is 8.10. The summed E-state index contributed by atoms with van der Waals surface area (Å²) >= 11 is 0. The normalized spacial score (nSPS) is 26.4. The van der Waals surface area contributed by atoms with E-state index in [0.29, 0.717) is 12.6 Å². The van der Waals surface area contributed by atoms with Crippen LogP contribution < -0.4 is 5.73 Å². The summed E-state index contributed by atoms with van der Waals surface area (Å²) < 4.78 is 5.76. The van der Waals surface area contributed by atoms with Gasteiger partial charge >= 0.3 is 0 Å². The van der Waals surface area contributed by atoms with Gasteiger partial charge in [0.05, 0.1) is 6.54 Å². The number of hydrogen-bond donors (Lipinski definition) is 1. The molecule has 0 bridgehead atoms. The molecule has 0 amide bonds. The largest absolute Gasteiger partial charge is 0.465 e. The lowest BCUT2D eigenvalue weighted by Crippen LogP contribution is -2.39. The predicted molar refractivity (Wildman–Crippen MR) is 69.6 cm³/mol. The third kappa shape index (κ3) is 2.90. The highest BCUT2D eigenvalue weighted by atomic mass is 16.3. The molecule has 1 saturated heterocycles. The van der Waals surface area contributed by atoms with Crippen LogP contribution in [0.4, 0.5) is 0 Å². The van der Waals surface area contributed by atoms with Crippen molar-refractivity contribution in [1.29, 1.82) is 0 Å². The lowest BCUT2D eigenvalue weighted by molar-refractivity contribution is 0.113. The summed E-state index contributed by atoms with van der Waals surface area (Å²) in [5, 5.41) is 0. The van der Waals surface area contributed by atoms with E-state index >= 15 is 0 Å². The molecular weight excluding hydrogens is 212 g/mol. The van der Waals surface area contributed by atoms with E-state index in [0.717, 1.165) is 29.5 Å². The van der Waals surface area contributed by atoms with Crippen LogP contribution in [0.3, 0.4) is 0 Å². The Morgan fingerprint density at radius 3 is 2.82 bits per heavy atom. The van der Waals surface area contributed by atoms with Crippen LogP contribution in [0.1, 0.15) is 43.8 Å². The molecular formula is C14H24N2O. The Balaban J connectivity index is 2.00. The zero-order valence-electron chi connectivity index (χ0n) is 11.2. The first-order valence-electron chi connectivity index (χ1n) is 6.62. The van der Waals surface area contributed by atoms with Crippen LogP contribution in [0.5, 0.6) is 0 Å². The van der Waals surface area contributed by atoms with Crippen molar-refractivity contribution in [3.8, 4) is 0 Å². The van der Waals surface area contributed by atoms with Gasteiger partial charge in [0.25, 0.3) is 0 Å². The van der Waals surface area contributed by atoms with E-state index in [9.17, 15) is 0 Å². The molecule has 3 heteroatoms. The number of nitrogens with two attached hydrogens (primary N) is 1. The number of nitrogens with zero attached hydrogens (tertiary/aromatic N) is 1. The minimum Gasteiger partial charge on any atom is -0.465 e. The van der Waals surface area contributed by atoms with Crippen molar-refractivity contribution in [1.82, 2.24) is 4.90 Å². The van der Waals surface area contributed by atoms with Gasteiger partial charge in [-0.25, -0.2) is 0 Å². The van der Waals surface area contributed by atoms with Crippen molar-refractivity contribution in [2.24, 2.45) is 11.7 Å². The van der Waals surface area contributed by atoms with E-state index in [4.69, 9.17) is 10.2 Å². The van der Waals surface area contributed by atoms with Crippen molar-refractivity contribution >= 4 is 0 Å². The monoisotopic (exact) mass is 236 g/mol. The van der Waals surface area contributed by atoms with Crippen LogP contribution in [0, 0.1) is 12.8 Å². The average Bonchev–Trinajstić information content (AvgIpc) is 2.63. The standard InChI is InChI=1S/C14H24N2O/c1-10-4-5-16(11(2)6-10)9-14-7-13(8-15)12(3)17-14/h7,10-11H,4-6,8-9,15H2,1-3H3. The fourth-order valence-electron chi connectivity index (χ4n) is 2.76. The SMILES string of the molecule is Cc1oc(CN2CCC(C)CC2C)cc1CN. The zero-order chi connectivity index (χ0) is 12.4. The molecule has 2 atom stereocenters. The van der Waals surface area contributed by atoms with Gasteiger partial charge in [0.2, 0.25) is 0 Å². The number of rotatable bonds is 3. The zero-order valence-corrected chi connectivity index (χ0v) is 11.2. The van der Waals surface area contributed by atoms with Crippen molar-refractivity contribution in [3.63, 3.8) is 0 Å². The van der Waals surface area contributed by atoms with Crippen molar-refractivity contribution in [3.05, 3.63) is 23.2 Å². The fraction of sp³-hybridized carbons (Fsp3) is 0.714. The quantitative estimate of drug-likeness (QED) is 0.877. The Kier molecular flexibility index (Phi) is 3.89. The molecule has 3 nitrogen and oxygen atoms in total. The van der Waals surface area contributed by atoms with E-state index in [1.165, 1.54) is 19.4 Å². The Hall–Kier alpha value is -0.800. The van der Waals surface area contributed by atoms with Crippen molar-refractivity contribution in [2.45, 2.75) is 52.7 Å². The predicted octanol–water partition coefficient (Wildman–Crippen LogP) is 2.67. The van der Waals surface area contributed by atoms with E-state index < -0.39 is 0 Å². The van der Waals surface area contributed by atoms with Crippen LogP contribution >= 0.6 is 0 Å². The average molecular weight is 236 g/mol. The molecule has 1 aliphatic heterocycles. The maximum Gasteiger partial charge on any atom is 0.118 e. The number of hydrogen-bond acceptors (Lipinski definition) is 3. The molecule has 0 aromatic carbocycles. The summed E-state index contributed by atoms with van der Waals surface area (Å²) in [5.74, 6) is 2.89. The van der Waals surface area contributed by atoms with Gasteiger partial charge < -0.3 is 10.2 Å². The minimum absolute atomic E-state index is 0.571. The molecule has 2 heterocycles. The van der Waals surface area contributed by atoms with Gasteiger partial charge in [-0.05, 0) is 45.2 Å². The van der Waals surface area contributed by atoms with Gasteiger partial charge in [0, 0.05) is 18.2 Å². The summed E-state index contributed by atoms with van der Waals surface area (Å²) in [5.41, 5.74) is 6.81. The number of furan rings is 1. The molecule has 0 spiro atoms. The molecule has 2 N–H and O–H groups in total. The van der Waals surface area contributed by atoms with Crippen molar-refractivity contribution < 1.29 is 4.42 Å². The lowest BCUT2D eigenvalue weighted by atomic mass is 9.93. The fourth-order valence-corrected chi connectivity index (χ4v) is 2.76. The van der Waals surface area contributed by atoms with Gasteiger partial charge in [-0.2, -0.15) is 0 Å². The summed E-state index contributed by atoms with van der Waals surface area (Å²) in [6, 6.07) is 2.77.